The number of methoxy groups -OCH3 is 1. The van der Waals surface area contributed by atoms with Crippen molar-refractivity contribution in [3.8, 4) is 5.75 Å². The van der Waals surface area contributed by atoms with Crippen molar-refractivity contribution in [3.63, 3.8) is 0 Å². The normalized spacial score (nSPS) is 20.7. The lowest BCUT2D eigenvalue weighted by atomic mass is 9.81. The fourth-order valence-corrected chi connectivity index (χ4v) is 5.22. The Morgan fingerprint density at radius 3 is 2.14 bits per heavy atom. The summed E-state index contributed by atoms with van der Waals surface area (Å²) in [5, 5.41) is 3.22. The molecule has 2 fully saturated rings. The van der Waals surface area contributed by atoms with Crippen molar-refractivity contribution in [2.24, 2.45) is 5.92 Å². The van der Waals surface area contributed by atoms with E-state index in [0.29, 0.717) is 30.4 Å². The highest BCUT2D eigenvalue weighted by Crippen LogP contribution is 2.39. The van der Waals surface area contributed by atoms with Gasteiger partial charge in [-0.15, -0.1) is 0 Å². The third-order valence-corrected chi connectivity index (χ3v) is 7.81. The first-order chi connectivity index (χ1) is 20.1. The Bertz CT molecular complexity index is 1090. The van der Waals surface area contributed by atoms with Crippen molar-refractivity contribution in [3.05, 3.63) is 65.5 Å². The zero-order valence-electron chi connectivity index (χ0n) is 25.6. The molecular weight excluding hydrogens is 545 g/mol. The van der Waals surface area contributed by atoms with Crippen LogP contribution in [0.25, 0.3) is 0 Å². The molecule has 42 heavy (non-hydrogen) atoms. The summed E-state index contributed by atoms with van der Waals surface area (Å²) < 4.78 is 47.3. The van der Waals surface area contributed by atoms with Crippen molar-refractivity contribution < 1.29 is 32.2 Å². The topological polar surface area (TPSA) is 67.9 Å². The van der Waals surface area contributed by atoms with E-state index in [2.05, 4.69) is 21.9 Å². The van der Waals surface area contributed by atoms with Crippen LogP contribution >= 0.6 is 0 Å². The molecule has 1 amide bonds. The second-order valence-electron chi connectivity index (χ2n) is 10.9. The standard InChI is InChI=1S/C22H33FN2O2.C6H4F2.C5H10O2/c1-4-15(2)22(26)24-18-11-12-25(14-18)19-8-5-16(6-9-19)20-10-7-17(23)13-21(20)27-3;7-5-3-1-2-4-6(5)8;1-3-4-7-5(2)6/h7,10,13,15-16,18-19H,4-6,8-9,11-12,14H2,1-3H3,(H,24,26);1-4H;3-4H2,1-2H3. The Morgan fingerprint density at radius 1 is 1.00 bits per heavy atom. The first-order valence-electron chi connectivity index (χ1n) is 15.0. The molecule has 0 bridgehead atoms. The summed E-state index contributed by atoms with van der Waals surface area (Å²) in [6.45, 7) is 10.0. The number of likely N-dealkylation sites (tertiary alicyclic amines) is 1. The third kappa shape index (κ3) is 11.7. The molecule has 234 valence electrons. The van der Waals surface area contributed by atoms with Gasteiger partial charge in [0.15, 0.2) is 11.6 Å². The van der Waals surface area contributed by atoms with Crippen LogP contribution in [0, 0.1) is 23.4 Å². The number of nitrogens with one attached hydrogen (secondary N) is 1. The summed E-state index contributed by atoms with van der Waals surface area (Å²) >= 11 is 0. The average Bonchev–Trinajstić information content (AvgIpc) is 3.46. The molecule has 1 N–H and O–H groups in total. The third-order valence-electron chi connectivity index (χ3n) is 7.81. The number of benzene rings is 2. The quantitative estimate of drug-likeness (QED) is 0.334. The molecule has 9 heteroatoms. The number of esters is 1. The minimum absolute atomic E-state index is 0.0974. The van der Waals surface area contributed by atoms with E-state index in [9.17, 15) is 22.8 Å². The summed E-state index contributed by atoms with van der Waals surface area (Å²) in [4.78, 5) is 24.7. The number of ether oxygens (including phenoxy) is 2. The maximum atomic E-state index is 13.5. The van der Waals surface area contributed by atoms with Crippen LogP contribution in [-0.2, 0) is 14.3 Å². The molecule has 2 aromatic carbocycles. The molecule has 1 aliphatic carbocycles. The van der Waals surface area contributed by atoms with E-state index >= 15 is 0 Å². The molecule has 2 atom stereocenters. The Hall–Kier alpha value is -3.07. The first-order valence-corrected chi connectivity index (χ1v) is 15.0. The zero-order chi connectivity index (χ0) is 31.1. The van der Waals surface area contributed by atoms with Gasteiger partial charge in [-0.05, 0) is 74.6 Å². The van der Waals surface area contributed by atoms with E-state index in [1.165, 1.54) is 31.2 Å². The lowest BCUT2D eigenvalue weighted by Crippen LogP contribution is -2.42. The van der Waals surface area contributed by atoms with Gasteiger partial charge in [0, 0.05) is 44.1 Å². The Labute approximate surface area is 249 Å². The molecular formula is C33H47F3N2O4. The van der Waals surface area contributed by atoms with Gasteiger partial charge in [0.05, 0.1) is 13.7 Å². The molecule has 2 unspecified atom stereocenters. The predicted octanol–water partition coefficient (Wildman–Crippen LogP) is 7.02. The maximum Gasteiger partial charge on any atom is 0.302 e. The number of hydrogen-bond donors (Lipinski definition) is 1. The van der Waals surface area contributed by atoms with Gasteiger partial charge in [-0.3, -0.25) is 14.5 Å². The van der Waals surface area contributed by atoms with E-state index in [0.717, 1.165) is 75.7 Å². The minimum Gasteiger partial charge on any atom is -0.496 e. The van der Waals surface area contributed by atoms with E-state index in [4.69, 9.17) is 4.74 Å². The van der Waals surface area contributed by atoms with Gasteiger partial charge in [0.25, 0.3) is 0 Å². The van der Waals surface area contributed by atoms with Gasteiger partial charge >= 0.3 is 5.97 Å². The van der Waals surface area contributed by atoms with E-state index < -0.39 is 11.6 Å². The highest BCUT2D eigenvalue weighted by atomic mass is 19.2. The van der Waals surface area contributed by atoms with Crippen LogP contribution in [-0.4, -0.2) is 55.7 Å². The van der Waals surface area contributed by atoms with Gasteiger partial charge in [-0.2, -0.15) is 0 Å². The van der Waals surface area contributed by atoms with Crippen LogP contribution in [0.5, 0.6) is 5.75 Å². The number of carbonyl (C=O) groups excluding carboxylic acids is 2. The molecule has 4 rings (SSSR count). The van der Waals surface area contributed by atoms with Crippen molar-refractivity contribution in [1.82, 2.24) is 10.2 Å². The molecule has 2 aromatic rings. The Balaban J connectivity index is 0.000000335. The van der Waals surface area contributed by atoms with Gasteiger partial charge in [0.1, 0.15) is 11.6 Å². The highest BCUT2D eigenvalue weighted by Gasteiger charge is 2.33. The van der Waals surface area contributed by atoms with Crippen LogP contribution in [0.2, 0.25) is 0 Å². The minimum atomic E-state index is -0.799. The predicted molar refractivity (Wildman–Crippen MR) is 159 cm³/mol. The summed E-state index contributed by atoms with van der Waals surface area (Å²) in [6.07, 6.45) is 7.35. The smallest absolute Gasteiger partial charge is 0.302 e. The number of rotatable bonds is 8. The fourth-order valence-electron chi connectivity index (χ4n) is 5.22. The number of hydrogen-bond acceptors (Lipinski definition) is 5. The molecule has 0 spiro atoms. The van der Waals surface area contributed by atoms with Crippen molar-refractivity contribution in [2.45, 2.75) is 90.6 Å². The van der Waals surface area contributed by atoms with Gasteiger partial charge in [-0.1, -0.05) is 39.0 Å². The molecule has 6 nitrogen and oxygen atoms in total. The maximum absolute atomic E-state index is 13.5. The number of halogens is 3. The lowest BCUT2D eigenvalue weighted by Gasteiger charge is -2.35. The summed E-state index contributed by atoms with van der Waals surface area (Å²) in [6, 6.07) is 10.8. The largest absolute Gasteiger partial charge is 0.496 e. The molecule has 2 aliphatic rings. The number of amides is 1. The first kappa shape index (κ1) is 35.1. The van der Waals surface area contributed by atoms with Crippen LogP contribution < -0.4 is 10.1 Å². The van der Waals surface area contributed by atoms with Crippen molar-refractivity contribution >= 4 is 11.9 Å². The summed E-state index contributed by atoms with van der Waals surface area (Å²) in [7, 11) is 1.61. The van der Waals surface area contributed by atoms with Crippen molar-refractivity contribution in [2.75, 3.05) is 26.8 Å². The van der Waals surface area contributed by atoms with E-state index in [-0.39, 0.29) is 23.6 Å². The second-order valence-corrected chi connectivity index (χ2v) is 10.9. The Kier molecular flexibility index (Phi) is 15.4. The molecule has 1 saturated carbocycles. The molecule has 0 aromatic heterocycles. The monoisotopic (exact) mass is 592 g/mol. The van der Waals surface area contributed by atoms with Crippen LogP contribution in [0.4, 0.5) is 13.2 Å². The van der Waals surface area contributed by atoms with E-state index in [1.807, 2.05) is 19.9 Å². The van der Waals surface area contributed by atoms with Crippen molar-refractivity contribution in [1.29, 1.82) is 0 Å². The number of nitrogens with zero attached hydrogens (tertiary/aromatic N) is 1. The fraction of sp³-hybridized carbons (Fsp3) is 0.576. The summed E-state index contributed by atoms with van der Waals surface area (Å²) in [5.74, 6) is -0.627. The average molecular weight is 593 g/mol. The molecule has 1 heterocycles. The second kappa shape index (κ2) is 18.5. The molecule has 1 saturated heterocycles. The highest BCUT2D eigenvalue weighted by molar-refractivity contribution is 5.78. The zero-order valence-corrected chi connectivity index (χ0v) is 25.6. The van der Waals surface area contributed by atoms with E-state index in [1.54, 1.807) is 7.11 Å². The molecule has 1 aliphatic heterocycles. The van der Waals surface area contributed by atoms with Gasteiger partial charge < -0.3 is 14.8 Å². The molecule has 0 radical (unpaired) electrons. The van der Waals surface area contributed by atoms with Crippen LogP contribution in [0.1, 0.15) is 84.1 Å². The Morgan fingerprint density at radius 2 is 1.64 bits per heavy atom. The van der Waals surface area contributed by atoms with Crippen LogP contribution in [0.3, 0.4) is 0 Å². The van der Waals surface area contributed by atoms with Crippen LogP contribution in [0.15, 0.2) is 42.5 Å². The lowest BCUT2D eigenvalue weighted by molar-refractivity contribution is -0.140. The van der Waals surface area contributed by atoms with Gasteiger partial charge in [-0.25, -0.2) is 13.2 Å². The SMILES string of the molecule is CCC(C)C(=O)NC1CCN(C2CCC(c3ccc(F)cc3OC)CC2)C1.CCCOC(C)=O.Fc1ccccc1F. The number of carbonyl (C=O) groups is 2. The summed E-state index contributed by atoms with van der Waals surface area (Å²) in [5.41, 5.74) is 1.14. The van der Waals surface area contributed by atoms with Gasteiger partial charge in [0.2, 0.25) is 5.91 Å².